The predicted molar refractivity (Wildman–Crippen MR) is 90.2 cm³/mol. The van der Waals surface area contributed by atoms with Gasteiger partial charge in [0, 0.05) is 5.69 Å². The van der Waals surface area contributed by atoms with Gasteiger partial charge in [0.25, 0.3) is 0 Å². The first kappa shape index (κ1) is 16.3. The monoisotopic (exact) mass is 327 g/mol. The minimum atomic E-state index is -0.263. The van der Waals surface area contributed by atoms with Crippen molar-refractivity contribution in [1.82, 2.24) is 10.2 Å². The van der Waals surface area contributed by atoms with Gasteiger partial charge in [-0.2, -0.15) is 0 Å². The molecular formula is C18H21N3O3. The summed E-state index contributed by atoms with van der Waals surface area (Å²) in [6, 6.07) is 12.7. The Labute approximate surface area is 140 Å². The van der Waals surface area contributed by atoms with Crippen LogP contribution in [-0.4, -0.2) is 35.8 Å². The highest BCUT2D eigenvalue weighted by molar-refractivity contribution is 5.93. The summed E-state index contributed by atoms with van der Waals surface area (Å²) in [4.78, 5) is 26.5. The Bertz CT molecular complexity index is 670. The average molecular weight is 327 g/mol. The van der Waals surface area contributed by atoms with Crippen molar-refractivity contribution in [2.75, 3.05) is 18.4 Å². The largest absolute Gasteiger partial charge is 0.467 e. The number of anilines is 1. The Hall–Kier alpha value is -2.60. The molecule has 1 aliphatic heterocycles. The molecule has 3 rings (SSSR count). The number of nitrogens with zero attached hydrogens (tertiary/aromatic N) is 1. The van der Waals surface area contributed by atoms with Crippen molar-refractivity contribution >= 4 is 17.5 Å². The molecule has 6 nitrogen and oxygen atoms in total. The van der Waals surface area contributed by atoms with E-state index < -0.39 is 0 Å². The van der Waals surface area contributed by atoms with Gasteiger partial charge in [-0.15, -0.1) is 0 Å². The number of carbonyl (C=O) groups is 2. The predicted octanol–water partition coefficient (Wildman–Crippen LogP) is 2.00. The van der Waals surface area contributed by atoms with Gasteiger partial charge in [0.05, 0.1) is 25.4 Å². The van der Waals surface area contributed by atoms with Crippen molar-refractivity contribution in [2.45, 2.75) is 25.4 Å². The van der Waals surface area contributed by atoms with Crippen LogP contribution in [0, 0.1) is 0 Å². The summed E-state index contributed by atoms with van der Waals surface area (Å²) < 4.78 is 5.21. The quantitative estimate of drug-likeness (QED) is 0.851. The Morgan fingerprint density at radius 1 is 1.17 bits per heavy atom. The average Bonchev–Trinajstić information content (AvgIpc) is 3.25. The Morgan fingerprint density at radius 2 is 2.00 bits per heavy atom. The summed E-state index contributed by atoms with van der Waals surface area (Å²) in [6.45, 7) is 1.33. The van der Waals surface area contributed by atoms with Gasteiger partial charge in [-0.1, -0.05) is 18.2 Å². The van der Waals surface area contributed by atoms with Gasteiger partial charge in [0.1, 0.15) is 5.76 Å². The zero-order valence-corrected chi connectivity index (χ0v) is 13.4. The minimum Gasteiger partial charge on any atom is -0.467 e. The first-order chi connectivity index (χ1) is 11.7. The molecule has 126 valence electrons. The topological polar surface area (TPSA) is 74.6 Å². The smallest absolute Gasteiger partial charge is 0.238 e. The highest BCUT2D eigenvalue weighted by atomic mass is 16.3. The van der Waals surface area contributed by atoms with Crippen LogP contribution in [0.25, 0.3) is 0 Å². The molecule has 1 atom stereocenters. The minimum absolute atomic E-state index is 0.0589. The van der Waals surface area contributed by atoms with Crippen LogP contribution in [0.3, 0.4) is 0 Å². The molecule has 2 heterocycles. The number of furan rings is 1. The lowest BCUT2D eigenvalue weighted by Gasteiger charge is -2.22. The number of amides is 2. The second kappa shape index (κ2) is 7.79. The van der Waals surface area contributed by atoms with Crippen LogP contribution >= 0.6 is 0 Å². The number of hydrogen-bond donors (Lipinski definition) is 2. The van der Waals surface area contributed by atoms with Crippen molar-refractivity contribution in [3.05, 3.63) is 54.5 Å². The van der Waals surface area contributed by atoms with Crippen LogP contribution in [0.2, 0.25) is 0 Å². The van der Waals surface area contributed by atoms with Gasteiger partial charge in [0.15, 0.2) is 0 Å². The van der Waals surface area contributed by atoms with Crippen molar-refractivity contribution in [1.29, 1.82) is 0 Å². The third-order valence-electron chi connectivity index (χ3n) is 4.09. The molecule has 0 unspecified atom stereocenters. The third-order valence-corrected chi connectivity index (χ3v) is 4.09. The van der Waals surface area contributed by atoms with Gasteiger partial charge in [-0.25, -0.2) is 0 Å². The fourth-order valence-corrected chi connectivity index (χ4v) is 2.92. The molecular weight excluding hydrogens is 306 g/mol. The summed E-state index contributed by atoms with van der Waals surface area (Å²) in [5, 5.41) is 5.73. The van der Waals surface area contributed by atoms with Crippen LogP contribution in [0.1, 0.15) is 18.6 Å². The van der Waals surface area contributed by atoms with Crippen molar-refractivity contribution in [3.63, 3.8) is 0 Å². The maximum atomic E-state index is 12.4. The van der Waals surface area contributed by atoms with E-state index in [0.29, 0.717) is 6.54 Å². The van der Waals surface area contributed by atoms with E-state index in [1.807, 2.05) is 41.3 Å². The lowest BCUT2D eigenvalue weighted by molar-refractivity contribution is -0.126. The summed E-state index contributed by atoms with van der Waals surface area (Å²) in [7, 11) is 0. The molecule has 6 heteroatoms. The molecule has 0 spiro atoms. The van der Waals surface area contributed by atoms with E-state index in [4.69, 9.17) is 4.42 Å². The van der Waals surface area contributed by atoms with Gasteiger partial charge < -0.3 is 15.1 Å². The van der Waals surface area contributed by atoms with Gasteiger partial charge in [0.2, 0.25) is 11.8 Å². The molecule has 0 bridgehead atoms. The molecule has 2 amide bonds. The van der Waals surface area contributed by atoms with Gasteiger partial charge in [-0.3, -0.25) is 14.5 Å². The van der Waals surface area contributed by atoms with E-state index >= 15 is 0 Å². The van der Waals surface area contributed by atoms with Crippen LogP contribution in [0.4, 0.5) is 5.69 Å². The van der Waals surface area contributed by atoms with Crippen LogP contribution in [0.15, 0.2) is 53.1 Å². The van der Waals surface area contributed by atoms with E-state index in [1.165, 1.54) is 0 Å². The van der Waals surface area contributed by atoms with Gasteiger partial charge in [-0.05, 0) is 43.7 Å². The third kappa shape index (κ3) is 4.23. The van der Waals surface area contributed by atoms with E-state index in [2.05, 4.69) is 10.6 Å². The fourth-order valence-electron chi connectivity index (χ4n) is 2.92. The molecule has 2 aromatic rings. The maximum absolute atomic E-state index is 12.4. The number of rotatable bonds is 6. The highest BCUT2D eigenvalue weighted by Gasteiger charge is 2.31. The standard InChI is InChI=1S/C18H21N3O3/c22-17(20-14-6-2-1-3-7-14)13-21-10-4-9-16(21)18(23)19-12-15-8-5-11-24-15/h1-3,5-8,11,16H,4,9-10,12-13H2,(H,19,23)(H,20,22)/t16-/m1/s1. The number of nitrogens with one attached hydrogen (secondary N) is 2. The normalized spacial score (nSPS) is 17.6. The molecule has 0 radical (unpaired) electrons. The van der Waals surface area contributed by atoms with Crippen molar-refractivity contribution < 1.29 is 14.0 Å². The number of para-hydroxylation sites is 1. The Kier molecular flexibility index (Phi) is 5.28. The number of hydrogen-bond acceptors (Lipinski definition) is 4. The molecule has 1 fully saturated rings. The Morgan fingerprint density at radius 3 is 2.75 bits per heavy atom. The lowest BCUT2D eigenvalue weighted by Crippen LogP contribution is -2.45. The molecule has 0 saturated carbocycles. The van der Waals surface area contributed by atoms with Crippen LogP contribution in [0.5, 0.6) is 0 Å². The SMILES string of the molecule is O=C(CN1CCC[C@@H]1C(=O)NCc1ccco1)Nc1ccccc1. The van der Waals surface area contributed by atoms with E-state index in [1.54, 1.807) is 12.3 Å². The summed E-state index contributed by atoms with van der Waals surface area (Å²) in [6.07, 6.45) is 3.26. The van der Waals surface area contributed by atoms with Crippen molar-refractivity contribution in [3.8, 4) is 0 Å². The molecule has 1 aromatic heterocycles. The molecule has 24 heavy (non-hydrogen) atoms. The zero-order chi connectivity index (χ0) is 16.8. The molecule has 1 aromatic carbocycles. The molecule has 2 N–H and O–H groups in total. The van der Waals surface area contributed by atoms with Crippen molar-refractivity contribution in [2.24, 2.45) is 0 Å². The number of carbonyl (C=O) groups excluding carboxylic acids is 2. The first-order valence-electron chi connectivity index (χ1n) is 8.11. The van der Waals surface area contributed by atoms with Gasteiger partial charge >= 0.3 is 0 Å². The first-order valence-corrected chi connectivity index (χ1v) is 8.11. The Balaban J connectivity index is 1.51. The van der Waals surface area contributed by atoms with Crippen LogP contribution < -0.4 is 10.6 Å². The van der Waals surface area contributed by atoms with E-state index in [-0.39, 0.29) is 24.4 Å². The van der Waals surface area contributed by atoms with E-state index in [9.17, 15) is 9.59 Å². The molecule has 1 aliphatic rings. The second-order valence-electron chi connectivity index (χ2n) is 5.84. The molecule has 1 saturated heterocycles. The number of benzene rings is 1. The second-order valence-corrected chi connectivity index (χ2v) is 5.84. The number of likely N-dealkylation sites (tertiary alicyclic amines) is 1. The summed E-state index contributed by atoms with van der Waals surface area (Å²) in [5.41, 5.74) is 0.764. The molecule has 0 aliphatic carbocycles. The lowest BCUT2D eigenvalue weighted by atomic mass is 10.2. The summed E-state index contributed by atoms with van der Waals surface area (Å²) in [5.74, 6) is 0.554. The summed E-state index contributed by atoms with van der Waals surface area (Å²) >= 11 is 0. The van der Waals surface area contributed by atoms with E-state index in [0.717, 1.165) is 30.8 Å². The zero-order valence-electron chi connectivity index (χ0n) is 13.4. The highest BCUT2D eigenvalue weighted by Crippen LogP contribution is 2.17. The fraction of sp³-hybridized carbons (Fsp3) is 0.333. The maximum Gasteiger partial charge on any atom is 0.238 e. The van der Waals surface area contributed by atoms with Crippen LogP contribution in [-0.2, 0) is 16.1 Å².